The lowest BCUT2D eigenvalue weighted by molar-refractivity contribution is -0.198. The molecule has 0 bridgehead atoms. The van der Waals surface area contributed by atoms with Crippen molar-refractivity contribution < 1.29 is 66.9 Å². The number of nitrogens with one attached hydrogen (secondary N) is 6. The van der Waals surface area contributed by atoms with Crippen LogP contribution in [0.4, 0.5) is 15.3 Å². The molecule has 0 radical (unpaired) electrons. The van der Waals surface area contributed by atoms with E-state index in [1.165, 1.54) is 0 Å². The Morgan fingerprint density at radius 3 is 1.94 bits per heavy atom. The van der Waals surface area contributed by atoms with Gasteiger partial charge in [0, 0.05) is 50.0 Å². The molecule has 1 fully saturated rings. The van der Waals surface area contributed by atoms with E-state index < -0.39 is 71.0 Å². The molecule has 2 atom stereocenters. The Morgan fingerprint density at radius 2 is 1.34 bits per heavy atom. The third kappa shape index (κ3) is 21.6. The fourth-order valence-corrected chi connectivity index (χ4v) is 5.22. The average Bonchev–Trinajstić information content (AvgIpc) is 3.52. The average molecular weight is 879 g/mol. The summed E-state index contributed by atoms with van der Waals surface area (Å²) in [7, 11) is 0. The van der Waals surface area contributed by atoms with Crippen molar-refractivity contribution in [3.8, 4) is 0 Å². The zero-order chi connectivity index (χ0) is 46.1. The zero-order valence-electron chi connectivity index (χ0n) is 36.1. The van der Waals surface area contributed by atoms with Gasteiger partial charge in [-0.3, -0.25) is 28.8 Å². The Morgan fingerprint density at radius 1 is 0.742 bits per heavy atom. The van der Waals surface area contributed by atoms with Crippen molar-refractivity contribution in [2.45, 2.75) is 91.8 Å². The first-order valence-electron chi connectivity index (χ1n) is 20.4. The van der Waals surface area contributed by atoms with Crippen LogP contribution in [0.1, 0.15) is 78.7 Å². The first kappa shape index (κ1) is 52.3. The second-order valence-corrected chi connectivity index (χ2v) is 15.4. The van der Waals surface area contributed by atoms with Crippen LogP contribution in [0.25, 0.3) is 0 Å². The summed E-state index contributed by atoms with van der Waals surface area (Å²) in [6.07, 6.45) is -0.788. The van der Waals surface area contributed by atoms with Crippen LogP contribution in [0, 0.1) is 11.3 Å². The van der Waals surface area contributed by atoms with Crippen LogP contribution in [-0.4, -0.2) is 130 Å². The molecular weight excluding hydrogens is 816 g/mol. The third-order valence-electron chi connectivity index (χ3n) is 8.68. The number of primary amides is 1. The number of benzene rings is 1. The van der Waals surface area contributed by atoms with E-state index in [9.17, 15) is 43.2 Å². The molecule has 0 spiro atoms. The lowest BCUT2D eigenvalue weighted by atomic mass is 9.96. The highest BCUT2D eigenvalue weighted by Gasteiger charge is 2.33. The molecule has 1 aliphatic rings. The van der Waals surface area contributed by atoms with Gasteiger partial charge in [-0.15, -0.1) is 5.06 Å². The van der Waals surface area contributed by atoms with Gasteiger partial charge in [0.05, 0.1) is 46.1 Å². The van der Waals surface area contributed by atoms with Crippen molar-refractivity contribution in [1.29, 1.82) is 0 Å². The minimum atomic E-state index is -1.08. The number of imide groups is 1. The molecule has 1 heterocycles. The highest BCUT2D eigenvalue weighted by Crippen LogP contribution is 2.15. The first-order valence-corrected chi connectivity index (χ1v) is 20.4. The van der Waals surface area contributed by atoms with Gasteiger partial charge < -0.3 is 61.4 Å². The predicted octanol–water partition coefficient (Wildman–Crippen LogP) is 0.525. The Labute approximate surface area is 360 Å². The van der Waals surface area contributed by atoms with Crippen LogP contribution in [-0.2, 0) is 64.0 Å². The molecule has 1 aliphatic heterocycles. The van der Waals surface area contributed by atoms with Crippen LogP contribution in [0.15, 0.2) is 24.3 Å². The number of nitrogens with zero attached hydrogens (tertiary/aromatic N) is 1. The Hall–Kier alpha value is -5.87. The summed E-state index contributed by atoms with van der Waals surface area (Å²) in [5, 5.41) is 16.3. The van der Waals surface area contributed by atoms with E-state index >= 15 is 0 Å². The van der Waals surface area contributed by atoms with Crippen molar-refractivity contribution in [1.82, 2.24) is 31.6 Å². The number of alkyl carbamates (subject to hydrolysis) is 1. The highest BCUT2D eigenvalue weighted by molar-refractivity contribution is 6.01. The molecule has 8 N–H and O–H groups in total. The number of rotatable bonds is 28. The number of hydrogen-bond donors (Lipinski definition) is 7. The summed E-state index contributed by atoms with van der Waals surface area (Å²) in [6.45, 7) is 10.5. The smallest absolute Gasteiger partial charge is 0.407 e. The molecule has 346 valence electrons. The molecule has 62 heavy (non-hydrogen) atoms. The van der Waals surface area contributed by atoms with Crippen molar-refractivity contribution in [2.24, 2.45) is 17.1 Å². The van der Waals surface area contributed by atoms with Gasteiger partial charge in [0.1, 0.15) is 18.7 Å². The maximum Gasteiger partial charge on any atom is 0.407 e. The van der Waals surface area contributed by atoms with Crippen LogP contribution < -0.4 is 37.6 Å². The lowest BCUT2D eigenvalue weighted by Crippen LogP contribution is -2.54. The molecule has 9 amide bonds. The van der Waals surface area contributed by atoms with E-state index in [0.717, 1.165) is 0 Å². The van der Waals surface area contributed by atoms with E-state index in [1.807, 2.05) is 20.8 Å². The SMILES string of the molecule is CC(C)[C@@H](NC(=O)CCOCCC(=O)ON1C(=O)CCC1=O)C(=O)N[C@H](CCCNC(N)=O)C(=O)Nc1ccc(COC(=O)NCCOCCOCCNC(=O)C(C)(C)C)cc1. The normalized spacial score (nSPS) is 13.5. The van der Waals surface area contributed by atoms with Gasteiger partial charge in [0.2, 0.25) is 23.6 Å². The van der Waals surface area contributed by atoms with Crippen molar-refractivity contribution >= 4 is 59.2 Å². The molecule has 0 aromatic heterocycles. The number of hydroxylamine groups is 2. The largest absolute Gasteiger partial charge is 0.445 e. The fraction of sp³-hybridized carbons (Fsp3) is 0.625. The molecule has 1 saturated heterocycles. The number of amides is 9. The molecule has 0 aliphatic carbocycles. The molecule has 2 rings (SSSR count). The second kappa shape index (κ2) is 27.9. The molecule has 22 heteroatoms. The molecule has 0 unspecified atom stereocenters. The lowest BCUT2D eigenvalue weighted by Gasteiger charge is -2.25. The van der Waals surface area contributed by atoms with E-state index in [1.54, 1.807) is 38.1 Å². The molecular formula is C40H62N8O14. The highest BCUT2D eigenvalue weighted by atomic mass is 16.7. The van der Waals surface area contributed by atoms with Crippen LogP contribution in [0.5, 0.6) is 0 Å². The quantitative estimate of drug-likeness (QED) is 0.0447. The third-order valence-corrected chi connectivity index (χ3v) is 8.68. The maximum atomic E-state index is 13.4. The van der Waals surface area contributed by atoms with Gasteiger partial charge in [-0.1, -0.05) is 46.8 Å². The van der Waals surface area contributed by atoms with Gasteiger partial charge in [-0.2, -0.15) is 0 Å². The van der Waals surface area contributed by atoms with Gasteiger partial charge in [0.25, 0.3) is 11.8 Å². The number of nitrogens with two attached hydrogens (primary N) is 1. The minimum absolute atomic E-state index is 0.0336. The van der Waals surface area contributed by atoms with Crippen molar-refractivity contribution in [3.63, 3.8) is 0 Å². The Bertz CT molecular complexity index is 1650. The van der Waals surface area contributed by atoms with Gasteiger partial charge in [-0.05, 0) is 36.5 Å². The monoisotopic (exact) mass is 878 g/mol. The van der Waals surface area contributed by atoms with Crippen molar-refractivity contribution in [2.75, 3.05) is 64.6 Å². The minimum Gasteiger partial charge on any atom is -0.445 e. The maximum absolute atomic E-state index is 13.4. The summed E-state index contributed by atoms with van der Waals surface area (Å²) >= 11 is 0. The van der Waals surface area contributed by atoms with E-state index in [4.69, 9.17) is 29.5 Å². The van der Waals surface area contributed by atoms with Gasteiger partial charge >= 0.3 is 18.1 Å². The van der Waals surface area contributed by atoms with Gasteiger partial charge in [0.15, 0.2) is 0 Å². The predicted molar refractivity (Wildman–Crippen MR) is 220 cm³/mol. The number of urea groups is 1. The van der Waals surface area contributed by atoms with E-state index in [0.29, 0.717) is 42.7 Å². The standard InChI is InChI=1S/C40H62N8O14/c1-26(2)34(47-30(49)14-19-58-20-15-33(52)62-48-31(50)12-13-32(48)51)36(54)46-29(7-6-16-43-38(41)56)35(53)45-28-10-8-27(9-11-28)25-61-39(57)44-18-22-60-24-23-59-21-17-42-37(55)40(3,4)5/h8-11,26,29,34H,6-7,12-25H2,1-5H3,(H,42,55)(H,44,57)(H,45,53)(H,46,54)(H,47,49)(H3,41,43,56)/t29-,34-/m1/s1. The summed E-state index contributed by atoms with van der Waals surface area (Å²) < 4.78 is 21.4. The molecule has 0 saturated carbocycles. The van der Waals surface area contributed by atoms with Crippen LogP contribution >= 0.6 is 0 Å². The van der Waals surface area contributed by atoms with Crippen molar-refractivity contribution in [3.05, 3.63) is 29.8 Å². The number of ether oxygens (including phenoxy) is 4. The summed E-state index contributed by atoms with van der Waals surface area (Å²) in [5.41, 5.74) is 5.70. The topological polar surface area (TPSA) is 301 Å². The number of hydrogen-bond acceptors (Lipinski definition) is 14. The number of carbonyl (C=O) groups excluding carboxylic acids is 9. The fourth-order valence-electron chi connectivity index (χ4n) is 5.22. The Kier molecular flexibility index (Phi) is 23.5. The Balaban J connectivity index is 1.78. The summed E-state index contributed by atoms with van der Waals surface area (Å²) in [6, 6.07) is 3.60. The van der Waals surface area contributed by atoms with Crippen LogP contribution in [0.2, 0.25) is 0 Å². The zero-order valence-corrected chi connectivity index (χ0v) is 36.1. The van der Waals surface area contributed by atoms with Gasteiger partial charge in [-0.25, -0.2) is 14.4 Å². The number of carbonyl (C=O) groups is 9. The summed E-state index contributed by atoms with van der Waals surface area (Å²) in [4.78, 5) is 115. The van der Waals surface area contributed by atoms with Crippen LogP contribution in [0.3, 0.4) is 0 Å². The molecule has 22 nitrogen and oxygen atoms in total. The second-order valence-electron chi connectivity index (χ2n) is 15.4. The van der Waals surface area contributed by atoms with E-state index in [2.05, 4.69) is 31.9 Å². The van der Waals surface area contributed by atoms with E-state index in [-0.39, 0.29) is 83.9 Å². The number of anilines is 1. The first-order chi connectivity index (χ1) is 29.4. The molecule has 1 aromatic carbocycles. The molecule has 1 aromatic rings. The summed E-state index contributed by atoms with van der Waals surface area (Å²) in [5.74, 6) is -4.25.